The van der Waals surface area contributed by atoms with Crippen molar-refractivity contribution in [1.82, 2.24) is 4.98 Å². The third kappa shape index (κ3) is 4.35. The number of ether oxygens (including phenoxy) is 3. The Morgan fingerprint density at radius 1 is 0.964 bits per heavy atom. The molecule has 0 aliphatic rings. The SMILES string of the molecule is CCc1ccccc1Nc1ccnc2cc(OC)c(NCC(OC)OC)cc12. The summed E-state index contributed by atoms with van der Waals surface area (Å²) in [5.74, 6) is 0.720. The number of aryl methyl sites for hydroxylation is 1. The van der Waals surface area contributed by atoms with Gasteiger partial charge in [0.2, 0.25) is 0 Å². The van der Waals surface area contributed by atoms with Crippen molar-refractivity contribution in [1.29, 1.82) is 0 Å². The van der Waals surface area contributed by atoms with Gasteiger partial charge >= 0.3 is 0 Å². The highest BCUT2D eigenvalue weighted by Gasteiger charge is 2.12. The first-order valence-electron chi connectivity index (χ1n) is 9.31. The molecule has 0 saturated carbocycles. The first-order chi connectivity index (χ1) is 13.7. The molecule has 2 aromatic carbocycles. The highest BCUT2D eigenvalue weighted by atomic mass is 16.7. The van der Waals surface area contributed by atoms with Crippen LogP contribution in [-0.4, -0.2) is 39.1 Å². The van der Waals surface area contributed by atoms with E-state index in [2.05, 4.69) is 40.7 Å². The maximum Gasteiger partial charge on any atom is 0.173 e. The van der Waals surface area contributed by atoms with Crippen LogP contribution in [0, 0.1) is 0 Å². The summed E-state index contributed by atoms with van der Waals surface area (Å²) in [6, 6.07) is 14.3. The molecule has 0 bridgehead atoms. The maximum absolute atomic E-state index is 5.54. The third-order valence-corrected chi connectivity index (χ3v) is 4.72. The molecule has 6 nitrogen and oxygen atoms in total. The predicted molar refractivity (Wildman–Crippen MR) is 114 cm³/mol. The van der Waals surface area contributed by atoms with Gasteiger partial charge < -0.3 is 24.8 Å². The number of anilines is 3. The highest BCUT2D eigenvalue weighted by molar-refractivity contribution is 5.96. The number of fused-ring (bicyclic) bond motifs is 1. The molecule has 3 aromatic rings. The van der Waals surface area contributed by atoms with E-state index in [4.69, 9.17) is 14.2 Å². The number of hydrogen-bond donors (Lipinski definition) is 2. The van der Waals surface area contributed by atoms with Crippen molar-refractivity contribution < 1.29 is 14.2 Å². The molecule has 1 heterocycles. The van der Waals surface area contributed by atoms with Crippen LogP contribution < -0.4 is 15.4 Å². The van der Waals surface area contributed by atoms with E-state index in [-0.39, 0.29) is 6.29 Å². The van der Waals surface area contributed by atoms with Crippen molar-refractivity contribution in [3.05, 3.63) is 54.2 Å². The fourth-order valence-corrected chi connectivity index (χ4v) is 3.14. The average molecular weight is 381 g/mol. The first-order valence-corrected chi connectivity index (χ1v) is 9.31. The fourth-order valence-electron chi connectivity index (χ4n) is 3.14. The third-order valence-electron chi connectivity index (χ3n) is 4.72. The molecule has 148 valence electrons. The van der Waals surface area contributed by atoms with E-state index in [0.717, 1.165) is 40.1 Å². The molecule has 0 amide bonds. The van der Waals surface area contributed by atoms with Crippen molar-refractivity contribution in [3.63, 3.8) is 0 Å². The summed E-state index contributed by atoms with van der Waals surface area (Å²) in [7, 11) is 4.88. The lowest BCUT2D eigenvalue weighted by Gasteiger charge is -2.18. The van der Waals surface area contributed by atoms with E-state index in [1.807, 2.05) is 24.3 Å². The molecular weight excluding hydrogens is 354 g/mol. The van der Waals surface area contributed by atoms with Gasteiger partial charge in [-0.05, 0) is 30.2 Å². The lowest BCUT2D eigenvalue weighted by Crippen LogP contribution is -2.23. The van der Waals surface area contributed by atoms with E-state index in [9.17, 15) is 0 Å². The zero-order valence-corrected chi connectivity index (χ0v) is 16.8. The van der Waals surface area contributed by atoms with Gasteiger partial charge in [0.25, 0.3) is 0 Å². The molecule has 1 aromatic heterocycles. The molecule has 0 spiro atoms. The standard InChI is InChI=1S/C22H27N3O3/c1-5-15-8-6-7-9-17(15)25-18-10-11-23-19-13-21(26-2)20(12-16(18)19)24-14-22(27-3)28-4/h6-13,22,24H,5,14H2,1-4H3,(H,23,25). The number of hydrogen-bond acceptors (Lipinski definition) is 6. The Balaban J connectivity index is 1.98. The summed E-state index contributed by atoms with van der Waals surface area (Å²) < 4.78 is 16.1. The summed E-state index contributed by atoms with van der Waals surface area (Å²) in [6.45, 7) is 2.65. The van der Waals surface area contributed by atoms with E-state index >= 15 is 0 Å². The zero-order valence-electron chi connectivity index (χ0n) is 16.8. The second-order valence-electron chi connectivity index (χ2n) is 6.35. The normalized spacial score (nSPS) is 11.0. The van der Waals surface area contributed by atoms with Gasteiger partial charge in [-0.15, -0.1) is 0 Å². The summed E-state index contributed by atoms with van der Waals surface area (Å²) >= 11 is 0. The molecular formula is C22H27N3O3. The summed E-state index contributed by atoms with van der Waals surface area (Å²) in [5, 5.41) is 7.90. The van der Waals surface area contributed by atoms with E-state index in [1.54, 1.807) is 27.5 Å². The van der Waals surface area contributed by atoms with Crippen molar-refractivity contribution in [3.8, 4) is 5.75 Å². The van der Waals surface area contributed by atoms with E-state index in [1.165, 1.54) is 5.56 Å². The van der Waals surface area contributed by atoms with Crippen molar-refractivity contribution in [2.45, 2.75) is 19.6 Å². The van der Waals surface area contributed by atoms with Gasteiger partial charge in [0.15, 0.2) is 6.29 Å². The molecule has 0 aliphatic heterocycles. The lowest BCUT2D eigenvalue weighted by atomic mass is 10.1. The van der Waals surface area contributed by atoms with Crippen LogP contribution in [0.4, 0.5) is 17.1 Å². The van der Waals surface area contributed by atoms with Crippen LogP contribution in [0.3, 0.4) is 0 Å². The number of aromatic nitrogens is 1. The summed E-state index contributed by atoms with van der Waals surface area (Å²) in [4.78, 5) is 4.51. The Morgan fingerprint density at radius 2 is 1.75 bits per heavy atom. The Morgan fingerprint density at radius 3 is 2.46 bits per heavy atom. The number of nitrogens with one attached hydrogen (secondary N) is 2. The molecule has 0 aliphatic carbocycles. The first kappa shape index (κ1) is 19.9. The minimum absolute atomic E-state index is 0.344. The van der Waals surface area contributed by atoms with E-state index < -0.39 is 0 Å². The average Bonchev–Trinajstić information content (AvgIpc) is 2.74. The van der Waals surface area contributed by atoms with E-state index in [0.29, 0.717) is 6.54 Å². The van der Waals surface area contributed by atoms with Crippen LogP contribution in [0.5, 0.6) is 5.75 Å². The van der Waals surface area contributed by atoms with Gasteiger partial charge in [0, 0.05) is 43.2 Å². The Hall–Kier alpha value is -2.83. The van der Waals surface area contributed by atoms with Gasteiger partial charge in [-0.3, -0.25) is 4.98 Å². The van der Waals surface area contributed by atoms with Crippen LogP contribution in [0.1, 0.15) is 12.5 Å². The number of methoxy groups -OCH3 is 3. The number of nitrogens with zero attached hydrogens (tertiary/aromatic N) is 1. The highest BCUT2D eigenvalue weighted by Crippen LogP contribution is 2.34. The largest absolute Gasteiger partial charge is 0.495 e. The molecule has 3 rings (SSSR count). The molecule has 0 radical (unpaired) electrons. The zero-order chi connectivity index (χ0) is 19.9. The molecule has 6 heteroatoms. The monoisotopic (exact) mass is 381 g/mol. The van der Waals surface area contributed by atoms with Crippen LogP contribution in [0.15, 0.2) is 48.7 Å². The summed E-state index contributed by atoms with van der Waals surface area (Å²) in [6.07, 6.45) is 2.42. The van der Waals surface area contributed by atoms with Crippen LogP contribution in [0.25, 0.3) is 10.9 Å². The predicted octanol–water partition coefficient (Wildman–Crippen LogP) is 4.58. The van der Waals surface area contributed by atoms with Gasteiger partial charge in [-0.2, -0.15) is 0 Å². The molecule has 0 atom stereocenters. The molecule has 28 heavy (non-hydrogen) atoms. The van der Waals surface area contributed by atoms with Gasteiger partial charge in [0.05, 0.1) is 24.9 Å². The van der Waals surface area contributed by atoms with Gasteiger partial charge in [0.1, 0.15) is 5.75 Å². The van der Waals surface area contributed by atoms with Crippen LogP contribution in [-0.2, 0) is 15.9 Å². The number of para-hydroxylation sites is 1. The van der Waals surface area contributed by atoms with Gasteiger partial charge in [-0.25, -0.2) is 0 Å². The maximum atomic E-state index is 5.54. The van der Waals surface area contributed by atoms with Crippen LogP contribution in [0.2, 0.25) is 0 Å². The smallest absolute Gasteiger partial charge is 0.173 e. The Bertz CT molecular complexity index is 926. The number of pyridine rings is 1. The Kier molecular flexibility index (Phi) is 6.68. The fraction of sp³-hybridized carbons (Fsp3) is 0.318. The number of rotatable bonds is 9. The molecule has 0 unspecified atom stereocenters. The summed E-state index contributed by atoms with van der Waals surface area (Å²) in [5.41, 5.74) is 5.07. The minimum atomic E-state index is -0.344. The molecule has 0 fully saturated rings. The second-order valence-corrected chi connectivity index (χ2v) is 6.35. The number of benzene rings is 2. The lowest BCUT2D eigenvalue weighted by molar-refractivity contribution is -0.0914. The van der Waals surface area contributed by atoms with Crippen LogP contribution >= 0.6 is 0 Å². The molecule has 2 N–H and O–H groups in total. The van der Waals surface area contributed by atoms with Crippen molar-refractivity contribution >= 4 is 28.0 Å². The minimum Gasteiger partial charge on any atom is -0.495 e. The molecule has 0 saturated heterocycles. The Labute approximate surface area is 165 Å². The second kappa shape index (κ2) is 9.39. The van der Waals surface area contributed by atoms with Gasteiger partial charge in [-0.1, -0.05) is 25.1 Å². The quantitative estimate of drug-likeness (QED) is 0.529. The van der Waals surface area contributed by atoms with Crippen molar-refractivity contribution in [2.24, 2.45) is 0 Å². The topological polar surface area (TPSA) is 64.6 Å². The van der Waals surface area contributed by atoms with Crippen molar-refractivity contribution in [2.75, 3.05) is 38.5 Å².